The van der Waals surface area contributed by atoms with Gasteiger partial charge in [0, 0.05) is 23.2 Å². The molecule has 0 unspecified atom stereocenters. The van der Waals surface area contributed by atoms with Crippen LogP contribution in [0.15, 0.2) is 18.2 Å². The molecule has 16 heavy (non-hydrogen) atoms. The summed E-state index contributed by atoms with van der Waals surface area (Å²) in [6.45, 7) is 4.91. The van der Waals surface area contributed by atoms with E-state index >= 15 is 0 Å². The Morgan fingerprint density at radius 2 is 2.19 bits per heavy atom. The maximum Gasteiger partial charge on any atom is 0.124 e. The molecule has 0 radical (unpaired) electrons. The van der Waals surface area contributed by atoms with E-state index in [1.54, 1.807) is 0 Å². The van der Waals surface area contributed by atoms with E-state index in [0.717, 1.165) is 22.9 Å². The zero-order chi connectivity index (χ0) is 11.5. The first-order valence-corrected chi connectivity index (χ1v) is 6.21. The molecule has 2 rings (SSSR count). The smallest absolute Gasteiger partial charge is 0.124 e. The highest BCUT2D eigenvalue weighted by Crippen LogP contribution is 2.26. The molecule has 0 aromatic heterocycles. The third-order valence-corrected chi connectivity index (χ3v) is 2.78. The Bertz CT molecular complexity index is 361. The fraction of sp³-hybridized carbons (Fsp3) is 0.538. The molecule has 1 aromatic carbocycles. The van der Waals surface area contributed by atoms with E-state index in [-0.39, 0.29) is 6.10 Å². The predicted octanol–water partition coefficient (Wildman–Crippen LogP) is 3.38. The molecule has 0 amide bonds. The molecule has 0 spiro atoms. The second-order valence-electron chi connectivity index (χ2n) is 4.57. The van der Waals surface area contributed by atoms with Gasteiger partial charge in [-0.2, -0.15) is 0 Å². The van der Waals surface area contributed by atoms with Crippen LogP contribution < -0.4 is 10.1 Å². The van der Waals surface area contributed by atoms with Crippen LogP contribution in [0.1, 0.15) is 32.3 Å². The number of benzene rings is 1. The van der Waals surface area contributed by atoms with Crippen molar-refractivity contribution in [3.63, 3.8) is 0 Å². The third kappa shape index (κ3) is 3.39. The zero-order valence-corrected chi connectivity index (χ0v) is 10.6. The number of nitrogens with one attached hydrogen (secondary N) is 1. The van der Waals surface area contributed by atoms with Crippen molar-refractivity contribution in [3.05, 3.63) is 28.8 Å². The van der Waals surface area contributed by atoms with Gasteiger partial charge in [-0.1, -0.05) is 11.6 Å². The van der Waals surface area contributed by atoms with Crippen LogP contribution in [0.2, 0.25) is 5.02 Å². The van der Waals surface area contributed by atoms with Crippen molar-refractivity contribution in [2.75, 3.05) is 0 Å². The molecule has 0 atom stereocenters. The van der Waals surface area contributed by atoms with Crippen molar-refractivity contribution in [3.8, 4) is 5.75 Å². The second kappa shape index (κ2) is 5.07. The Balaban J connectivity index is 2.07. The Morgan fingerprint density at radius 3 is 2.81 bits per heavy atom. The average Bonchev–Trinajstić information content (AvgIpc) is 3.01. The summed E-state index contributed by atoms with van der Waals surface area (Å²) in [6.07, 6.45) is 2.78. The van der Waals surface area contributed by atoms with Gasteiger partial charge in [0.05, 0.1) is 6.10 Å². The van der Waals surface area contributed by atoms with Crippen molar-refractivity contribution in [2.45, 2.75) is 45.4 Å². The van der Waals surface area contributed by atoms with Crippen LogP contribution in [-0.4, -0.2) is 12.1 Å². The van der Waals surface area contributed by atoms with Gasteiger partial charge in [0.15, 0.2) is 0 Å². The van der Waals surface area contributed by atoms with Crippen LogP contribution in [0.3, 0.4) is 0 Å². The molecule has 1 aliphatic carbocycles. The molecule has 1 N–H and O–H groups in total. The minimum atomic E-state index is 0.195. The van der Waals surface area contributed by atoms with Gasteiger partial charge in [0.2, 0.25) is 0 Å². The monoisotopic (exact) mass is 239 g/mol. The van der Waals surface area contributed by atoms with Crippen molar-refractivity contribution in [1.82, 2.24) is 5.32 Å². The van der Waals surface area contributed by atoms with Crippen molar-refractivity contribution in [1.29, 1.82) is 0 Å². The Labute approximate surface area is 102 Å². The summed E-state index contributed by atoms with van der Waals surface area (Å²) in [5, 5.41) is 4.24. The Morgan fingerprint density at radius 1 is 1.44 bits per heavy atom. The van der Waals surface area contributed by atoms with Gasteiger partial charge in [-0.05, 0) is 44.9 Å². The molecule has 88 valence electrons. The van der Waals surface area contributed by atoms with Crippen LogP contribution in [0.4, 0.5) is 0 Å². The quantitative estimate of drug-likeness (QED) is 0.851. The summed E-state index contributed by atoms with van der Waals surface area (Å²) in [5.74, 6) is 0.938. The van der Waals surface area contributed by atoms with Gasteiger partial charge < -0.3 is 10.1 Å². The minimum absolute atomic E-state index is 0.195. The first kappa shape index (κ1) is 11.7. The SMILES string of the molecule is CC(C)Oc1ccc(Cl)cc1CNC1CC1. The van der Waals surface area contributed by atoms with Crippen molar-refractivity contribution in [2.24, 2.45) is 0 Å². The van der Waals surface area contributed by atoms with Gasteiger partial charge in [-0.15, -0.1) is 0 Å². The largest absolute Gasteiger partial charge is 0.491 e. The fourth-order valence-electron chi connectivity index (χ4n) is 1.60. The summed E-state index contributed by atoms with van der Waals surface area (Å²) in [5.41, 5.74) is 1.15. The summed E-state index contributed by atoms with van der Waals surface area (Å²) >= 11 is 6.00. The Kier molecular flexibility index (Phi) is 3.72. The highest BCUT2D eigenvalue weighted by molar-refractivity contribution is 6.30. The molecule has 0 heterocycles. The molecular weight excluding hydrogens is 222 g/mol. The number of rotatable bonds is 5. The van der Waals surface area contributed by atoms with E-state index in [0.29, 0.717) is 6.04 Å². The maximum absolute atomic E-state index is 6.00. The molecule has 1 fully saturated rings. The average molecular weight is 240 g/mol. The number of hydrogen-bond acceptors (Lipinski definition) is 2. The van der Waals surface area contributed by atoms with Crippen LogP contribution in [0.5, 0.6) is 5.75 Å². The highest BCUT2D eigenvalue weighted by atomic mass is 35.5. The maximum atomic E-state index is 6.00. The van der Waals surface area contributed by atoms with E-state index in [1.165, 1.54) is 12.8 Å². The van der Waals surface area contributed by atoms with Gasteiger partial charge >= 0.3 is 0 Å². The van der Waals surface area contributed by atoms with Crippen LogP contribution >= 0.6 is 11.6 Å². The first-order valence-electron chi connectivity index (χ1n) is 5.83. The van der Waals surface area contributed by atoms with Gasteiger partial charge in [0.1, 0.15) is 5.75 Å². The number of hydrogen-bond donors (Lipinski definition) is 1. The van der Waals surface area contributed by atoms with E-state index in [2.05, 4.69) is 5.32 Å². The molecule has 1 aromatic rings. The lowest BCUT2D eigenvalue weighted by Crippen LogP contribution is -2.17. The minimum Gasteiger partial charge on any atom is -0.491 e. The molecule has 3 heteroatoms. The van der Waals surface area contributed by atoms with Crippen LogP contribution in [0.25, 0.3) is 0 Å². The van der Waals surface area contributed by atoms with Gasteiger partial charge in [-0.25, -0.2) is 0 Å². The normalized spacial score (nSPS) is 15.5. The summed E-state index contributed by atoms with van der Waals surface area (Å²) in [6, 6.07) is 6.51. The summed E-state index contributed by atoms with van der Waals surface area (Å²) in [4.78, 5) is 0. The molecule has 1 aliphatic rings. The lowest BCUT2D eigenvalue weighted by atomic mass is 10.2. The van der Waals surface area contributed by atoms with Gasteiger partial charge in [-0.3, -0.25) is 0 Å². The lowest BCUT2D eigenvalue weighted by molar-refractivity contribution is 0.239. The van der Waals surface area contributed by atoms with E-state index in [1.807, 2.05) is 32.0 Å². The van der Waals surface area contributed by atoms with E-state index < -0.39 is 0 Å². The topological polar surface area (TPSA) is 21.3 Å². The molecular formula is C13H18ClNO. The highest BCUT2D eigenvalue weighted by Gasteiger charge is 2.20. The molecule has 1 saturated carbocycles. The lowest BCUT2D eigenvalue weighted by Gasteiger charge is -2.15. The molecule has 0 bridgehead atoms. The van der Waals surface area contributed by atoms with Gasteiger partial charge in [0.25, 0.3) is 0 Å². The molecule has 2 nitrogen and oxygen atoms in total. The van der Waals surface area contributed by atoms with E-state index in [4.69, 9.17) is 16.3 Å². The number of halogens is 1. The zero-order valence-electron chi connectivity index (χ0n) is 9.79. The second-order valence-corrected chi connectivity index (χ2v) is 5.01. The fourth-order valence-corrected chi connectivity index (χ4v) is 1.79. The van der Waals surface area contributed by atoms with Crippen LogP contribution in [-0.2, 0) is 6.54 Å². The van der Waals surface area contributed by atoms with Crippen molar-refractivity contribution < 1.29 is 4.74 Å². The van der Waals surface area contributed by atoms with Crippen LogP contribution in [0, 0.1) is 0 Å². The molecule has 0 aliphatic heterocycles. The number of ether oxygens (including phenoxy) is 1. The third-order valence-electron chi connectivity index (χ3n) is 2.54. The predicted molar refractivity (Wildman–Crippen MR) is 67.1 cm³/mol. The summed E-state index contributed by atoms with van der Waals surface area (Å²) < 4.78 is 5.75. The summed E-state index contributed by atoms with van der Waals surface area (Å²) in [7, 11) is 0. The molecule has 0 saturated heterocycles. The van der Waals surface area contributed by atoms with Crippen molar-refractivity contribution >= 4 is 11.6 Å². The first-order chi connectivity index (χ1) is 7.65. The standard InChI is InChI=1S/C13H18ClNO/c1-9(2)16-13-6-3-11(14)7-10(13)8-15-12-4-5-12/h3,6-7,9,12,15H,4-5,8H2,1-2H3. The van der Waals surface area contributed by atoms with E-state index in [9.17, 15) is 0 Å². The Hall–Kier alpha value is -0.730.